The number of halogens is 1. The molecule has 1 amide bonds. The van der Waals surface area contributed by atoms with Gasteiger partial charge in [-0.3, -0.25) is 9.59 Å². The molecule has 3 aromatic carbocycles. The number of carbonyl (C=O) groups excluding carboxylic acids is 1. The highest BCUT2D eigenvalue weighted by Crippen LogP contribution is 2.25. The van der Waals surface area contributed by atoms with Crippen LogP contribution in [0.1, 0.15) is 5.56 Å². The van der Waals surface area contributed by atoms with Crippen LogP contribution in [0.2, 0.25) is 5.02 Å². The molecule has 0 atom stereocenters. The Morgan fingerprint density at radius 2 is 1.59 bits per heavy atom. The number of rotatable bonds is 5. The van der Waals surface area contributed by atoms with E-state index < -0.39 is 21.3 Å². The lowest BCUT2D eigenvalue weighted by Crippen LogP contribution is -2.36. The fourth-order valence-electron chi connectivity index (χ4n) is 3.28. The third-order valence-electron chi connectivity index (χ3n) is 4.87. The van der Waals surface area contributed by atoms with Crippen molar-refractivity contribution in [1.29, 1.82) is 0 Å². The number of carbonyl (C=O) groups is 1. The van der Waals surface area contributed by atoms with Crippen LogP contribution in [0.4, 0.5) is 0 Å². The molecule has 0 unspecified atom stereocenters. The standard InChI is InChI=1S/C23H18ClN3O4S/c1-32(30,31)18-12-6-15(7-13-18)14-21(28)25-27-23(29)20-5-3-2-4-19(20)22(26-27)16-8-10-17(24)11-9-16/h2-13H,14H2,1H3,(H,25,28). The third kappa shape index (κ3) is 4.56. The normalized spacial score (nSPS) is 11.4. The number of benzene rings is 3. The van der Waals surface area contributed by atoms with E-state index in [9.17, 15) is 18.0 Å². The van der Waals surface area contributed by atoms with E-state index in [0.717, 1.165) is 16.6 Å². The van der Waals surface area contributed by atoms with Crippen molar-refractivity contribution >= 4 is 38.1 Å². The fraction of sp³-hybridized carbons (Fsp3) is 0.0870. The summed E-state index contributed by atoms with van der Waals surface area (Å²) in [5.74, 6) is -0.468. The molecule has 162 valence electrons. The van der Waals surface area contributed by atoms with Crippen LogP contribution >= 0.6 is 11.6 Å². The van der Waals surface area contributed by atoms with Crippen LogP contribution in [0.5, 0.6) is 0 Å². The summed E-state index contributed by atoms with van der Waals surface area (Å²) in [6.45, 7) is 0. The van der Waals surface area contributed by atoms with Crippen LogP contribution in [-0.4, -0.2) is 30.5 Å². The van der Waals surface area contributed by atoms with Gasteiger partial charge in [-0.05, 0) is 35.9 Å². The van der Waals surface area contributed by atoms with Gasteiger partial charge in [-0.15, -0.1) is 9.89 Å². The van der Waals surface area contributed by atoms with Gasteiger partial charge in [0.15, 0.2) is 9.84 Å². The molecule has 4 rings (SSSR count). The largest absolute Gasteiger partial charge is 0.294 e. The Kier molecular flexibility index (Phi) is 5.82. The number of hydrogen-bond acceptors (Lipinski definition) is 5. The minimum Gasteiger partial charge on any atom is -0.273 e. The molecule has 0 aliphatic carbocycles. The lowest BCUT2D eigenvalue weighted by Gasteiger charge is -2.12. The molecule has 0 fully saturated rings. The summed E-state index contributed by atoms with van der Waals surface area (Å²) in [5, 5.41) is 6.01. The first-order valence-electron chi connectivity index (χ1n) is 9.59. The SMILES string of the molecule is CS(=O)(=O)c1ccc(CC(=O)Nn2nc(-c3ccc(Cl)cc3)c3ccccc3c2=O)cc1. The lowest BCUT2D eigenvalue weighted by atomic mass is 10.1. The summed E-state index contributed by atoms with van der Waals surface area (Å²) in [5.41, 5.74) is 3.93. The molecule has 0 bridgehead atoms. The highest BCUT2D eigenvalue weighted by molar-refractivity contribution is 7.90. The van der Waals surface area contributed by atoms with Gasteiger partial charge in [0.1, 0.15) is 5.69 Å². The number of hydrogen-bond donors (Lipinski definition) is 1. The minimum absolute atomic E-state index is 0.0543. The monoisotopic (exact) mass is 467 g/mol. The quantitative estimate of drug-likeness (QED) is 0.485. The predicted octanol–water partition coefficient (Wildman–Crippen LogP) is 3.43. The Morgan fingerprint density at radius 1 is 0.969 bits per heavy atom. The zero-order chi connectivity index (χ0) is 22.9. The molecule has 0 aliphatic heterocycles. The van der Waals surface area contributed by atoms with Crippen molar-refractivity contribution in [2.45, 2.75) is 11.3 Å². The van der Waals surface area contributed by atoms with E-state index in [2.05, 4.69) is 10.5 Å². The Labute approximate surface area is 189 Å². The fourth-order valence-corrected chi connectivity index (χ4v) is 4.04. The second kappa shape index (κ2) is 8.57. The highest BCUT2D eigenvalue weighted by atomic mass is 35.5. The third-order valence-corrected chi connectivity index (χ3v) is 6.25. The zero-order valence-electron chi connectivity index (χ0n) is 16.9. The molecule has 9 heteroatoms. The molecular formula is C23H18ClN3O4S. The number of nitrogens with one attached hydrogen (secondary N) is 1. The topological polar surface area (TPSA) is 98.1 Å². The predicted molar refractivity (Wildman–Crippen MR) is 124 cm³/mol. The lowest BCUT2D eigenvalue weighted by molar-refractivity contribution is -0.116. The second-order valence-corrected chi connectivity index (χ2v) is 9.70. The Bertz CT molecular complexity index is 1480. The van der Waals surface area contributed by atoms with E-state index in [1.54, 1.807) is 54.6 Å². The Balaban J connectivity index is 1.67. The van der Waals surface area contributed by atoms with Crippen molar-refractivity contribution in [1.82, 2.24) is 9.89 Å². The van der Waals surface area contributed by atoms with E-state index in [1.165, 1.54) is 12.1 Å². The first-order valence-corrected chi connectivity index (χ1v) is 11.9. The highest BCUT2D eigenvalue weighted by Gasteiger charge is 2.14. The van der Waals surface area contributed by atoms with Gasteiger partial charge < -0.3 is 0 Å². The van der Waals surface area contributed by atoms with Crippen molar-refractivity contribution in [2.75, 3.05) is 11.7 Å². The van der Waals surface area contributed by atoms with Crippen molar-refractivity contribution in [3.8, 4) is 11.3 Å². The summed E-state index contributed by atoms with van der Waals surface area (Å²) in [4.78, 5) is 26.6. The Morgan fingerprint density at radius 3 is 2.22 bits per heavy atom. The van der Waals surface area contributed by atoms with Gasteiger partial charge in [-0.25, -0.2) is 13.8 Å². The first-order chi connectivity index (χ1) is 15.2. The molecule has 4 aromatic rings. The molecule has 1 heterocycles. The molecule has 1 aromatic heterocycles. The summed E-state index contributed by atoms with van der Waals surface area (Å²) in [7, 11) is -3.32. The van der Waals surface area contributed by atoms with Crippen LogP contribution in [0.15, 0.2) is 82.5 Å². The van der Waals surface area contributed by atoms with Gasteiger partial charge in [-0.2, -0.15) is 0 Å². The van der Waals surface area contributed by atoms with Crippen LogP contribution in [0.3, 0.4) is 0 Å². The van der Waals surface area contributed by atoms with Crippen LogP contribution in [0.25, 0.3) is 22.0 Å². The first kappa shape index (κ1) is 21.7. The second-order valence-electron chi connectivity index (χ2n) is 7.25. The molecule has 0 saturated heterocycles. The summed E-state index contributed by atoms with van der Waals surface area (Å²) in [6, 6.07) is 20.0. The maximum absolute atomic E-state index is 12.9. The molecule has 32 heavy (non-hydrogen) atoms. The van der Waals surface area contributed by atoms with E-state index >= 15 is 0 Å². The van der Waals surface area contributed by atoms with E-state index in [0.29, 0.717) is 27.1 Å². The van der Waals surface area contributed by atoms with E-state index in [1.807, 2.05) is 6.07 Å². The van der Waals surface area contributed by atoms with Crippen molar-refractivity contribution in [3.63, 3.8) is 0 Å². The Hall–Kier alpha value is -3.49. The molecular weight excluding hydrogens is 450 g/mol. The maximum Gasteiger partial charge on any atom is 0.294 e. The molecule has 0 radical (unpaired) electrons. The molecule has 0 saturated carbocycles. The van der Waals surface area contributed by atoms with Crippen LogP contribution < -0.4 is 11.0 Å². The van der Waals surface area contributed by atoms with Gasteiger partial charge in [-0.1, -0.05) is 54.1 Å². The van der Waals surface area contributed by atoms with Crippen LogP contribution in [0, 0.1) is 0 Å². The van der Waals surface area contributed by atoms with Gasteiger partial charge in [0.25, 0.3) is 5.56 Å². The zero-order valence-corrected chi connectivity index (χ0v) is 18.5. The molecule has 7 nitrogen and oxygen atoms in total. The number of nitrogens with zero attached hydrogens (tertiary/aromatic N) is 2. The van der Waals surface area contributed by atoms with Crippen LogP contribution in [-0.2, 0) is 21.1 Å². The molecule has 0 spiro atoms. The van der Waals surface area contributed by atoms with Crippen molar-refractivity contribution in [3.05, 3.63) is 93.7 Å². The number of aromatic nitrogens is 2. The minimum atomic E-state index is -3.32. The number of amides is 1. The van der Waals surface area contributed by atoms with Gasteiger partial charge >= 0.3 is 0 Å². The van der Waals surface area contributed by atoms with E-state index in [4.69, 9.17) is 11.6 Å². The van der Waals surface area contributed by atoms with Gasteiger partial charge in [0.05, 0.1) is 16.7 Å². The van der Waals surface area contributed by atoms with Crippen molar-refractivity contribution in [2.24, 2.45) is 0 Å². The van der Waals surface area contributed by atoms with Crippen molar-refractivity contribution < 1.29 is 13.2 Å². The van der Waals surface area contributed by atoms with Gasteiger partial charge in [0, 0.05) is 22.2 Å². The smallest absolute Gasteiger partial charge is 0.273 e. The average Bonchev–Trinajstić information content (AvgIpc) is 2.76. The molecule has 1 N–H and O–H groups in total. The number of sulfone groups is 1. The number of fused-ring (bicyclic) bond motifs is 1. The summed E-state index contributed by atoms with van der Waals surface area (Å²) < 4.78 is 23.2. The molecule has 0 aliphatic rings. The summed E-state index contributed by atoms with van der Waals surface area (Å²) in [6.07, 6.45) is 1.06. The average molecular weight is 468 g/mol. The van der Waals surface area contributed by atoms with E-state index in [-0.39, 0.29) is 11.3 Å². The maximum atomic E-state index is 12.9. The summed E-state index contributed by atoms with van der Waals surface area (Å²) >= 11 is 5.99. The van der Waals surface area contributed by atoms with Gasteiger partial charge in [0.2, 0.25) is 5.91 Å².